The Balaban J connectivity index is 1.65. The molecule has 2 heterocycles. The number of carbonyl (C=O) groups excluding carboxylic acids is 1. The lowest BCUT2D eigenvalue weighted by molar-refractivity contribution is -0.676. The molecule has 0 aliphatic rings. The molecule has 0 atom stereocenters. The highest BCUT2D eigenvalue weighted by molar-refractivity contribution is 6.10. The first-order valence-electron chi connectivity index (χ1n) is 10.6. The van der Waals surface area contributed by atoms with Crippen LogP contribution in [-0.4, -0.2) is 18.1 Å². The molecule has 4 nitrogen and oxygen atoms in total. The fraction of sp³-hybridized carbons (Fsp3) is 0.111. The highest BCUT2D eigenvalue weighted by Crippen LogP contribution is 2.32. The van der Waals surface area contributed by atoms with Crippen LogP contribution in [0.1, 0.15) is 21.5 Å². The lowest BCUT2D eigenvalue weighted by Gasteiger charge is -2.09. The summed E-state index contributed by atoms with van der Waals surface area (Å²) in [5, 5.41) is 2.11. The summed E-state index contributed by atoms with van der Waals surface area (Å²) in [5.41, 5.74) is 4.11. The van der Waals surface area contributed by atoms with Crippen molar-refractivity contribution in [3.63, 3.8) is 0 Å². The second-order valence-corrected chi connectivity index (χ2v) is 8.02. The summed E-state index contributed by atoms with van der Waals surface area (Å²) in [6.07, 6.45) is -2.44. The Bertz CT molecular complexity index is 1500. The molecule has 5 aromatic rings. The molecule has 0 bridgehead atoms. The van der Waals surface area contributed by atoms with E-state index in [1.807, 2.05) is 53.2 Å². The molecule has 0 amide bonds. The van der Waals surface area contributed by atoms with Gasteiger partial charge in [0.2, 0.25) is 5.69 Å². The lowest BCUT2D eigenvalue weighted by Crippen LogP contribution is -2.36. The van der Waals surface area contributed by atoms with Crippen LogP contribution >= 0.6 is 0 Å². The Hall–Kier alpha value is -4.13. The molecule has 3 aromatic carbocycles. The molecule has 0 fully saturated rings. The van der Waals surface area contributed by atoms with E-state index in [0.29, 0.717) is 12.1 Å². The molecule has 34 heavy (non-hydrogen) atoms. The maximum atomic E-state index is 13.0. The second-order valence-electron chi connectivity index (χ2n) is 8.02. The summed E-state index contributed by atoms with van der Waals surface area (Å²) in [4.78, 5) is 15.4. The number of ether oxygens (including phenoxy) is 1. The fourth-order valence-corrected chi connectivity index (χ4v) is 4.23. The largest absolute Gasteiger partial charge is 0.465 e. The molecule has 5 rings (SSSR count). The van der Waals surface area contributed by atoms with Crippen LogP contribution in [0.25, 0.3) is 33.1 Å². The average Bonchev–Trinajstić information content (AvgIpc) is 3.22. The normalized spacial score (nSPS) is 11.8. The summed E-state index contributed by atoms with van der Waals surface area (Å²) in [6.45, 7) is 0.373. The van der Waals surface area contributed by atoms with E-state index in [0.717, 1.165) is 50.8 Å². The van der Waals surface area contributed by atoms with Crippen molar-refractivity contribution >= 4 is 27.8 Å². The van der Waals surface area contributed by atoms with Crippen molar-refractivity contribution in [1.82, 2.24) is 4.98 Å². The first-order valence-corrected chi connectivity index (χ1v) is 10.6. The van der Waals surface area contributed by atoms with Gasteiger partial charge < -0.3 is 9.72 Å². The quantitative estimate of drug-likeness (QED) is 0.259. The van der Waals surface area contributed by atoms with Crippen LogP contribution in [0.15, 0.2) is 85.1 Å². The van der Waals surface area contributed by atoms with Gasteiger partial charge in [-0.15, -0.1) is 0 Å². The van der Waals surface area contributed by atoms with E-state index in [9.17, 15) is 18.0 Å². The zero-order chi connectivity index (χ0) is 23.9. The monoisotopic (exact) mass is 461 g/mol. The van der Waals surface area contributed by atoms with E-state index >= 15 is 0 Å². The SMILES string of the molecule is COC(=O)c1ccc(-c2c3[nH]c4ccccc4c3cc[n+]2Cc2ccc(C(F)(F)F)cc2)cc1. The third kappa shape index (κ3) is 3.90. The first-order chi connectivity index (χ1) is 16.3. The summed E-state index contributed by atoms with van der Waals surface area (Å²) >= 11 is 0. The maximum Gasteiger partial charge on any atom is 0.416 e. The van der Waals surface area contributed by atoms with Gasteiger partial charge in [0.1, 0.15) is 5.52 Å². The van der Waals surface area contributed by atoms with Gasteiger partial charge in [-0.1, -0.05) is 30.3 Å². The number of aromatic amines is 1. The molecule has 0 saturated heterocycles. The van der Waals surface area contributed by atoms with Crippen molar-refractivity contribution in [3.8, 4) is 11.3 Å². The average molecular weight is 461 g/mol. The number of para-hydroxylation sites is 1. The number of pyridine rings is 1. The molecule has 0 aliphatic heterocycles. The van der Waals surface area contributed by atoms with Crippen LogP contribution in [0.5, 0.6) is 0 Å². The fourth-order valence-electron chi connectivity index (χ4n) is 4.23. The first kappa shape index (κ1) is 21.7. The Morgan fingerprint density at radius 2 is 1.62 bits per heavy atom. The third-order valence-electron chi connectivity index (χ3n) is 5.91. The number of H-pyrrole nitrogens is 1. The number of rotatable bonds is 4. The highest BCUT2D eigenvalue weighted by Gasteiger charge is 2.30. The van der Waals surface area contributed by atoms with Crippen molar-refractivity contribution in [2.45, 2.75) is 12.7 Å². The second kappa shape index (κ2) is 8.33. The minimum atomic E-state index is -4.37. The summed E-state index contributed by atoms with van der Waals surface area (Å²) in [7, 11) is 1.33. The van der Waals surface area contributed by atoms with Gasteiger partial charge in [-0.2, -0.15) is 17.7 Å². The molecule has 0 aliphatic carbocycles. The molecule has 0 saturated carbocycles. The smallest absolute Gasteiger partial charge is 0.416 e. The number of halogens is 3. The van der Waals surface area contributed by atoms with E-state index in [4.69, 9.17) is 4.74 Å². The van der Waals surface area contributed by atoms with Gasteiger partial charge in [0.25, 0.3) is 0 Å². The van der Waals surface area contributed by atoms with Gasteiger partial charge >= 0.3 is 12.1 Å². The molecule has 0 unspecified atom stereocenters. The number of nitrogens with zero attached hydrogens (tertiary/aromatic N) is 1. The lowest BCUT2D eigenvalue weighted by atomic mass is 10.0. The van der Waals surface area contributed by atoms with Crippen LogP contribution in [0, 0.1) is 0 Å². The van der Waals surface area contributed by atoms with Gasteiger partial charge in [-0.3, -0.25) is 0 Å². The van der Waals surface area contributed by atoms with Crippen molar-refractivity contribution in [1.29, 1.82) is 0 Å². The zero-order valence-electron chi connectivity index (χ0n) is 18.2. The van der Waals surface area contributed by atoms with Crippen molar-refractivity contribution in [2.75, 3.05) is 7.11 Å². The topological polar surface area (TPSA) is 46.0 Å². The minimum Gasteiger partial charge on any atom is -0.465 e. The summed E-state index contributed by atoms with van der Waals surface area (Å²) < 4.78 is 45.7. The minimum absolute atomic E-state index is 0.373. The van der Waals surface area contributed by atoms with E-state index in [2.05, 4.69) is 4.98 Å². The van der Waals surface area contributed by atoms with E-state index < -0.39 is 17.7 Å². The molecule has 0 spiro atoms. The number of nitrogens with one attached hydrogen (secondary N) is 1. The number of hydrogen-bond donors (Lipinski definition) is 1. The Labute approximate surface area is 193 Å². The Kier molecular flexibility index (Phi) is 5.32. The molecule has 1 N–H and O–H groups in total. The summed E-state index contributed by atoms with van der Waals surface area (Å²) in [6, 6.07) is 22.3. The number of alkyl halides is 3. The van der Waals surface area contributed by atoms with E-state index in [-0.39, 0.29) is 0 Å². The van der Waals surface area contributed by atoms with Crippen molar-refractivity contribution in [3.05, 3.63) is 102 Å². The molecule has 0 radical (unpaired) electrons. The number of hydrogen-bond acceptors (Lipinski definition) is 2. The van der Waals surface area contributed by atoms with E-state index in [1.165, 1.54) is 19.2 Å². The van der Waals surface area contributed by atoms with Gasteiger partial charge in [-0.05, 0) is 42.5 Å². The standard InChI is InChI=1S/C27H19F3N2O2/c1-34-26(33)19-10-8-18(9-11-19)25-24-22(21-4-2-3-5-23(21)31-24)14-15-32(25)16-17-6-12-20(13-7-17)27(28,29)30/h2-15H,16H2,1H3/p+1. The number of methoxy groups -OCH3 is 1. The van der Waals surface area contributed by atoms with Gasteiger partial charge in [0, 0.05) is 33.5 Å². The summed E-state index contributed by atoms with van der Waals surface area (Å²) in [5.74, 6) is -0.423. The van der Waals surface area contributed by atoms with Crippen LogP contribution in [0.2, 0.25) is 0 Å². The maximum absolute atomic E-state index is 13.0. The van der Waals surface area contributed by atoms with Crippen molar-refractivity contribution < 1.29 is 27.3 Å². The number of fused-ring (bicyclic) bond motifs is 3. The van der Waals surface area contributed by atoms with Gasteiger partial charge in [0.05, 0.1) is 18.2 Å². The Morgan fingerprint density at radius 3 is 2.29 bits per heavy atom. The van der Waals surface area contributed by atoms with Crippen LogP contribution in [0.4, 0.5) is 13.2 Å². The Morgan fingerprint density at radius 1 is 0.912 bits per heavy atom. The van der Waals surface area contributed by atoms with E-state index in [1.54, 1.807) is 12.1 Å². The van der Waals surface area contributed by atoms with Gasteiger partial charge in [0.15, 0.2) is 12.7 Å². The van der Waals surface area contributed by atoms with Crippen LogP contribution in [-0.2, 0) is 17.5 Å². The van der Waals surface area contributed by atoms with Gasteiger partial charge in [-0.25, -0.2) is 4.79 Å². The number of benzene rings is 3. The van der Waals surface area contributed by atoms with Crippen LogP contribution in [0.3, 0.4) is 0 Å². The zero-order valence-corrected chi connectivity index (χ0v) is 18.2. The molecule has 7 heteroatoms. The van der Waals surface area contributed by atoms with Crippen molar-refractivity contribution in [2.24, 2.45) is 0 Å². The predicted molar refractivity (Wildman–Crippen MR) is 123 cm³/mol. The predicted octanol–water partition coefficient (Wildman–Crippen LogP) is 6.13. The third-order valence-corrected chi connectivity index (χ3v) is 5.91. The number of esters is 1. The van der Waals surface area contributed by atoms with Crippen LogP contribution < -0.4 is 4.57 Å². The number of carbonyl (C=O) groups is 1. The molecular weight excluding hydrogens is 441 g/mol. The molecular formula is C27H20F3N2O2+. The highest BCUT2D eigenvalue weighted by atomic mass is 19.4. The number of aromatic nitrogens is 2. The molecule has 170 valence electrons. The molecule has 2 aromatic heterocycles.